The van der Waals surface area contributed by atoms with Gasteiger partial charge in [0.25, 0.3) is 5.69 Å². The number of ether oxygens (including phenoxy) is 1. The van der Waals surface area contributed by atoms with Gasteiger partial charge in [0.05, 0.1) is 22.6 Å². The van der Waals surface area contributed by atoms with Crippen LogP contribution in [0.2, 0.25) is 5.02 Å². The van der Waals surface area contributed by atoms with Crippen LogP contribution in [-0.2, 0) is 0 Å². The summed E-state index contributed by atoms with van der Waals surface area (Å²) in [5.41, 5.74) is 1.40. The Morgan fingerprint density at radius 3 is 2.04 bits per heavy atom. The number of nitro groups is 1. The molecule has 0 amide bonds. The van der Waals surface area contributed by atoms with Gasteiger partial charge in [-0.15, -0.1) is 0 Å². The van der Waals surface area contributed by atoms with Gasteiger partial charge in [-0.1, -0.05) is 11.6 Å². The molecule has 2 aromatic rings. The zero-order valence-corrected chi connectivity index (χ0v) is 14.8. The van der Waals surface area contributed by atoms with E-state index in [9.17, 15) is 19.7 Å². The van der Waals surface area contributed by atoms with E-state index >= 15 is 0 Å². The quantitative estimate of drug-likeness (QED) is 0.510. The van der Waals surface area contributed by atoms with E-state index in [0.717, 1.165) is 11.6 Å². The Morgan fingerprint density at radius 2 is 1.48 bits per heavy atom. The minimum atomic E-state index is -0.682. The fraction of sp³-hybridized carbons (Fsp3) is 0.222. The van der Waals surface area contributed by atoms with Crippen LogP contribution in [0.1, 0.15) is 48.5 Å². The highest BCUT2D eigenvalue weighted by Gasteiger charge is 2.40. The average Bonchev–Trinajstić information content (AvgIpc) is 2.55. The molecule has 7 heteroatoms. The molecule has 6 nitrogen and oxygen atoms in total. The first kappa shape index (κ1) is 17.1. The van der Waals surface area contributed by atoms with Crippen molar-refractivity contribution in [3.05, 3.63) is 66.2 Å². The highest BCUT2D eigenvalue weighted by atomic mass is 35.5. The Kier molecular flexibility index (Phi) is 3.88. The van der Waals surface area contributed by atoms with Crippen molar-refractivity contribution in [2.24, 2.45) is 0 Å². The van der Waals surface area contributed by atoms with Gasteiger partial charge in [0.1, 0.15) is 11.3 Å². The molecule has 1 aliphatic carbocycles. The average molecular weight is 360 g/mol. The number of hydrogen-bond acceptors (Lipinski definition) is 5. The molecule has 1 aliphatic rings. The highest BCUT2D eigenvalue weighted by Crippen LogP contribution is 2.42. The van der Waals surface area contributed by atoms with E-state index in [4.69, 9.17) is 16.3 Å². The summed E-state index contributed by atoms with van der Waals surface area (Å²) in [6.45, 7) is 5.18. The van der Waals surface area contributed by atoms with Crippen LogP contribution < -0.4 is 4.74 Å². The number of nitrogens with zero attached hydrogens (tertiary/aromatic N) is 1. The molecule has 3 rings (SSSR count). The first-order valence-corrected chi connectivity index (χ1v) is 7.84. The van der Waals surface area contributed by atoms with E-state index in [1.54, 1.807) is 20.8 Å². The topological polar surface area (TPSA) is 86.5 Å². The van der Waals surface area contributed by atoms with Crippen molar-refractivity contribution >= 4 is 28.9 Å². The number of benzene rings is 2. The van der Waals surface area contributed by atoms with Crippen LogP contribution in [0.15, 0.2) is 12.1 Å². The zero-order valence-electron chi connectivity index (χ0n) is 14.0. The third-order valence-electron chi connectivity index (χ3n) is 4.69. The lowest BCUT2D eigenvalue weighted by Gasteiger charge is -2.24. The second-order valence-electron chi connectivity index (χ2n) is 5.89. The largest absolute Gasteiger partial charge is 0.496 e. The molecule has 0 saturated carbocycles. The van der Waals surface area contributed by atoms with Crippen LogP contribution in [0.4, 0.5) is 5.69 Å². The highest BCUT2D eigenvalue weighted by molar-refractivity contribution is 6.40. The Hall–Kier alpha value is -2.73. The summed E-state index contributed by atoms with van der Waals surface area (Å²) in [4.78, 5) is 36.9. The van der Waals surface area contributed by atoms with E-state index in [-0.39, 0.29) is 27.3 Å². The van der Waals surface area contributed by atoms with Crippen molar-refractivity contribution in [1.82, 2.24) is 0 Å². The Bertz CT molecular complexity index is 994. The molecule has 0 unspecified atom stereocenters. The molecule has 25 heavy (non-hydrogen) atoms. The predicted molar refractivity (Wildman–Crippen MR) is 92.2 cm³/mol. The lowest BCUT2D eigenvalue weighted by atomic mass is 9.78. The van der Waals surface area contributed by atoms with Gasteiger partial charge in [0, 0.05) is 22.8 Å². The van der Waals surface area contributed by atoms with Crippen molar-refractivity contribution in [2.75, 3.05) is 7.11 Å². The normalized spacial score (nSPS) is 12.7. The number of carbonyl (C=O) groups is 2. The number of carbonyl (C=O) groups excluding carboxylic acids is 2. The Balaban J connectivity index is 2.49. The fourth-order valence-corrected chi connectivity index (χ4v) is 3.66. The number of rotatable bonds is 2. The summed E-state index contributed by atoms with van der Waals surface area (Å²) in [5, 5.41) is 11.4. The van der Waals surface area contributed by atoms with E-state index in [0.29, 0.717) is 16.9 Å². The SMILES string of the molecule is COc1c(C)c(C)c2c(c1C)C(=O)c1c([N+](=O)[O-])ccc(Cl)c1C2=O. The summed E-state index contributed by atoms with van der Waals surface area (Å²) >= 11 is 6.12. The Labute approximate surface area is 148 Å². The number of ketones is 2. The van der Waals surface area contributed by atoms with Crippen LogP contribution in [0.5, 0.6) is 5.75 Å². The standard InChI is InChI=1S/C18H14ClNO5/c1-7-8(2)18(25-4)9(3)13-12(7)16(21)14-10(19)5-6-11(20(23)24)15(14)17(13)22/h5-6H,1-4H3. The van der Waals surface area contributed by atoms with Gasteiger partial charge in [-0.2, -0.15) is 0 Å². The fourth-order valence-electron chi connectivity index (χ4n) is 3.42. The first-order chi connectivity index (χ1) is 11.7. The van der Waals surface area contributed by atoms with Gasteiger partial charge in [-0.05, 0) is 38.0 Å². The van der Waals surface area contributed by atoms with Gasteiger partial charge in [0.15, 0.2) is 5.78 Å². The maximum absolute atomic E-state index is 13.1. The zero-order chi connectivity index (χ0) is 18.6. The molecule has 2 aromatic carbocycles. The number of methoxy groups -OCH3 is 1. The number of fused-ring (bicyclic) bond motifs is 2. The van der Waals surface area contributed by atoms with Crippen LogP contribution in [0, 0.1) is 30.9 Å². The number of hydrogen-bond donors (Lipinski definition) is 0. The predicted octanol–water partition coefficient (Wildman–Crippen LogP) is 3.96. The van der Waals surface area contributed by atoms with Gasteiger partial charge >= 0.3 is 0 Å². The molecule has 0 spiro atoms. The van der Waals surface area contributed by atoms with E-state index in [1.165, 1.54) is 13.2 Å². The van der Waals surface area contributed by atoms with Crippen molar-refractivity contribution in [2.45, 2.75) is 20.8 Å². The second kappa shape index (κ2) is 5.67. The number of halogens is 1. The van der Waals surface area contributed by atoms with Crippen molar-refractivity contribution < 1.29 is 19.2 Å². The molecular formula is C18H14ClNO5. The minimum absolute atomic E-state index is 0.0233. The monoisotopic (exact) mass is 359 g/mol. The third-order valence-corrected chi connectivity index (χ3v) is 5.00. The second-order valence-corrected chi connectivity index (χ2v) is 6.30. The van der Waals surface area contributed by atoms with Crippen LogP contribution in [0.25, 0.3) is 0 Å². The van der Waals surface area contributed by atoms with E-state index in [1.807, 2.05) is 0 Å². The smallest absolute Gasteiger partial charge is 0.281 e. The molecular weight excluding hydrogens is 346 g/mol. The first-order valence-electron chi connectivity index (χ1n) is 7.46. The molecule has 0 fully saturated rings. The maximum Gasteiger partial charge on any atom is 0.281 e. The van der Waals surface area contributed by atoms with Gasteiger partial charge in [-0.3, -0.25) is 19.7 Å². The number of nitro benzene ring substituents is 1. The van der Waals surface area contributed by atoms with Crippen LogP contribution >= 0.6 is 11.6 Å². The summed E-state index contributed by atoms with van der Waals surface area (Å²) < 4.78 is 5.37. The lowest BCUT2D eigenvalue weighted by molar-refractivity contribution is -0.385. The molecule has 0 aromatic heterocycles. The molecule has 128 valence electrons. The van der Waals surface area contributed by atoms with Crippen LogP contribution in [-0.4, -0.2) is 23.6 Å². The summed E-state index contributed by atoms with van der Waals surface area (Å²) in [6.07, 6.45) is 0. The molecule has 0 N–H and O–H groups in total. The van der Waals surface area contributed by atoms with Crippen LogP contribution in [0.3, 0.4) is 0 Å². The van der Waals surface area contributed by atoms with Crippen molar-refractivity contribution in [3.8, 4) is 5.75 Å². The molecule has 0 aliphatic heterocycles. The third kappa shape index (κ3) is 2.17. The van der Waals surface area contributed by atoms with Gasteiger partial charge in [-0.25, -0.2) is 0 Å². The summed E-state index contributed by atoms with van der Waals surface area (Å²) in [7, 11) is 1.48. The minimum Gasteiger partial charge on any atom is -0.496 e. The van der Waals surface area contributed by atoms with Crippen molar-refractivity contribution in [3.63, 3.8) is 0 Å². The lowest BCUT2D eigenvalue weighted by Crippen LogP contribution is -2.25. The maximum atomic E-state index is 13.1. The van der Waals surface area contributed by atoms with Gasteiger partial charge < -0.3 is 4.74 Å². The molecule has 0 atom stereocenters. The molecule has 0 saturated heterocycles. The summed E-state index contributed by atoms with van der Waals surface area (Å²) in [6, 6.07) is 2.41. The summed E-state index contributed by atoms with van der Waals surface area (Å²) in [5.74, 6) is -0.576. The Morgan fingerprint density at radius 1 is 0.920 bits per heavy atom. The van der Waals surface area contributed by atoms with Gasteiger partial charge in [0.2, 0.25) is 5.78 Å². The molecule has 0 bridgehead atoms. The van der Waals surface area contributed by atoms with Crippen molar-refractivity contribution in [1.29, 1.82) is 0 Å². The molecule has 0 radical (unpaired) electrons. The van der Waals surface area contributed by atoms with E-state index in [2.05, 4.69) is 0 Å². The van der Waals surface area contributed by atoms with E-state index < -0.39 is 22.2 Å². The molecule has 0 heterocycles.